The molecule has 0 atom stereocenters. The van der Waals surface area contributed by atoms with Gasteiger partial charge in [-0.1, -0.05) is 19.3 Å². The van der Waals surface area contributed by atoms with Gasteiger partial charge in [0.2, 0.25) is 0 Å². The van der Waals surface area contributed by atoms with Gasteiger partial charge in [-0.15, -0.1) is 11.3 Å². The van der Waals surface area contributed by atoms with Gasteiger partial charge < -0.3 is 5.73 Å². The predicted octanol–water partition coefficient (Wildman–Crippen LogP) is 3.71. The molecule has 0 aromatic carbocycles. The summed E-state index contributed by atoms with van der Waals surface area (Å²) in [5.74, 6) is 0.668. The fraction of sp³-hybridized carbons (Fsp3) is 0.467. The van der Waals surface area contributed by atoms with E-state index in [0.29, 0.717) is 12.5 Å². The molecule has 0 aliphatic heterocycles. The Morgan fingerprint density at radius 2 is 2.11 bits per heavy atom. The molecule has 4 heteroatoms. The van der Waals surface area contributed by atoms with Crippen LogP contribution < -0.4 is 5.73 Å². The van der Waals surface area contributed by atoms with Crippen molar-refractivity contribution in [2.75, 3.05) is 0 Å². The van der Waals surface area contributed by atoms with Crippen LogP contribution in [0.5, 0.6) is 0 Å². The fourth-order valence-corrected chi connectivity index (χ4v) is 3.95. The lowest BCUT2D eigenvalue weighted by Crippen LogP contribution is -2.04. The molecular formula is C15H19N3S. The van der Waals surface area contributed by atoms with Crippen LogP contribution in [0.2, 0.25) is 0 Å². The molecule has 3 rings (SSSR count). The van der Waals surface area contributed by atoms with Gasteiger partial charge in [-0.2, -0.15) is 0 Å². The van der Waals surface area contributed by atoms with Gasteiger partial charge in [0.05, 0.1) is 5.69 Å². The zero-order valence-corrected chi connectivity index (χ0v) is 11.8. The van der Waals surface area contributed by atoms with Crippen LogP contribution in [0.15, 0.2) is 24.5 Å². The highest BCUT2D eigenvalue weighted by atomic mass is 32.1. The summed E-state index contributed by atoms with van der Waals surface area (Å²) < 4.78 is 0. The van der Waals surface area contributed by atoms with Gasteiger partial charge in [0.25, 0.3) is 0 Å². The van der Waals surface area contributed by atoms with Crippen molar-refractivity contribution in [3.63, 3.8) is 0 Å². The largest absolute Gasteiger partial charge is 0.325 e. The minimum absolute atomic E-state index is 0.532. The molecule has 0 unspecified atom stereocenters. The first-order valence-electron chi connectivity index (χ1n) is 6.98. The van der Waals surface area contributed by atoms with E-state index >= 15 is 0 Å². The smallest absolute Gasteiger partial charge is 0.107 e. The third-order valence-corrected chi connectivity index (χ3v) is 5.02. The van der Waals surface area contributed by atoms with Crippen molar-refractivity contribution in [2.24, 2.45) is 5.73 Å². The lowest BCUT2D eigenvalue weighted by Gasteiger charge is -2.21. The molecule has 0 radical (unpaired) electrons. The first-order chi connectivity index (χ1) is 9.38. The van der Waals surface area contributed by atoms with Gasteiger partial charge in [-0.05, 0) is 30.9 Å². The van der Waals surface area contributed by atoms with E-state index in [1.165, 1.54) is 37.0 Å². The standard InChI is InChI=1S/C15H19N3S/c16-9-13-18-14(12-7-4-8-17-10-12)15(19-13)11-5-2-1-3-6-11/h4,7-8,10-11H,1-3,5-6,9,16H2. The quantitative estimate of drug-likeness (QED) is 0.927. The summed E-state index contributed by atoms with van der Waals surface area (Å²) in [6, 6.07) is 4.07. The SMILES string of the molecule is NCc1nc(-c2cccnc2)c(C2CCCCC2)s1. The van der Waals surface area contributed by atoms with E-state index in [2.05, 4.69) is 11.1 Å². The second-order valence-corrected chi connectivity index (χ2v) is 6.22. The second kappa shape index (κ2) is 5.80. The number of nitrogens with two attached hydrogens (primary N) is 1. The average Bonchev–Trinajstić information content (AvgIpc) is 2.93. The number of aromatic nitrogens is 2. The lowest BCUT2D eigenvalue weighted by molar-refractivity contribution is 0.448. The second-order valence-electron chi connectivity index (χ2n) is 5.10. The van der Waals surface area contributed by atoms with Gasteiger partial charge in [0, 0.05) is 29.4 Å². The molecule has 1 aliphatic rings. The molecule has 0 spiro atoms. The molecule has 0 bridgehead atoms. The molecule has 1 fully saturated rings. The minimum Gasteiger partial charge on any atom is -0.325 e. The summed E-state index contributed by atoms with van der Waals surface area (Å²) >= 11 is 1.80. The molecule has 19 heavy (non-hydrogen) atoms. The molecule has 2 aromatic rings. The normalized spacial score (nSPS) is 16.7. The van der Waals surface area contributed by atoms with Crippen molar-refractivity contribution < 1.29 is 0 Å². The predicted molar refractivity (Wildman–Crippen MR) is 79.1 cm³/mol. The van der Waals surface area contributed by atoms with Crippen LogP contribution in [0.3, 0.4) is 0 Å². The molecule has 2 aromatic heterocycles. The first kappa shape index (κ1) is 12.8. The van der Waals surface area contributed by atoms with Crippen molar-refractivity contribution in [1.29, 1.82) is 0 Å². The van der Waals surface area contributed by atoms with Crippen LogP contribution >= 0.6 is 11.3 Å². The van der Waals surface area contributed by atoms with Crippen LogP contribution in [-0.4, -0.2) is 9.97 Å². The molecular weight excluding hydrogens is 254 g/mol. The van der Waals surface area contributed by atoms with E-state index in [1.54, 1.807) is 17.5 Å². The van der Waals surface area contributed by atoms with Crippen molar-refractivity contribution in [3.8, 4) is 11.3 Å². The van der Waals surface area contributed by atoms with Crippen LogP contribution in [-0.2, 0) is 6.54 Å². The molecule has 1 saturated carbocycles. The van der Waals surface area contributed by atoms with Crippen molar-refractivity contribution in [3.05, 3.63) is 34.4 Å². The summed E-state index contributed by atoms with van der Waals surface area (Å²) in [5, 5.41) is 1.04. The Bertz CT molecular complexity index is 530. The van der Waals surface area contributed by atoms with E-state index < -0.39 is 0 Å². The van der Waals surface area contributed by atoms with E-state index in [9.17, 15) is 0 Å². The third-order valence-electron chi connectivity index (χ3n) is 3.78. The van der Waals surface area contributed by atoms with E-state index in [0.717, 1.165) is 16.3 Å². The lowest BCUT2D eigenvalue weighted by atomic mass is 9.87. The summed E-state index contributed by atoms with van der Waals surface area (Å²) in [7, 11) is 0. The maximum Gasteiger partial charge on any atom is 0.107 e. The van der Waals surface area contributed by atoms with Gasteiger partial charge in [0.1, 0.15) is 5.01 Å². The summed E-state index contributed by atoms with van der Waals surface area (Å²) in [6.07, 6.45) is 10.3. The van der Waals surface area contributed by atoms with Gasteiger partial charge in [0.15, 0.2) is 0 Å². The maximum atomic E-state index is 5.77. The maximum absolute atomic E-state index is 5.77. The van der Waals surface area contributed by atoms with E-state index in [-0.39, 0.29) is 0 Å². The Morgan fingerprint density at radius 1 is 1.26 bits per heavy atom. The van der Waals surface area contributed by atoms with Gasteiger partial charge in [-0.3, -0.25) is 4.98 Å². The van der Waals surface area contributed by atoms with Crippen LogP contribution in [0.4, 0.5) is 0 Å². The minimum atomic E-state index is 0.532. The summed E-state index contributed by atoms with van der Waals surface area (Å²) in [5.41, 5.74) is 8.01. The summed E-state index contributed by atoms with van der Waals surface area (Å²) in [6.45, 7) is 0.532. The zero-order valence-electron chi connectivity index (χ0n) is 11.0. The topological polar surface area (TPSA) is 51.8 Å². The van der Waals surface area contributed by atoms with Crippen molar-refractivity contribution in [1.82, 2.24) is 9.97 Å². The van der Waals surface area contributed by atoms with Crippen LogP contribution in [0.25, 0.3) is 11.3 Å². The number of rotatable bonds is 3. The third kappa shape index (κ3) is 2.69. The summed E-state index contributed by atoms with van der Waals surface area (Å²) in [4.78, 5) is 10.4. The van der Waals surface area contributed by atoms with E-state index in [1.807, 2.05) is 12.3 Å². The Morgan fingerprint density at radius 3 is 2.79 bits per heavy atom. The Labute approximate surface area is 117 Å². The van der Waals surface area contributed by atoms with E-state index in [4.69, 9.17) is 10.7 Å². The highest BCUT2D eigenvalue weighted by molar-refractivity contribution is 7.12. The number of nitrogens with zero attached hydrogens (tertiary/aromatic N) is 2. The Hall–Kier alpha value is -1.26. The highest BCUT2D eigenvalue weighted by Crippen LogP contribution is 2.41. The molecule has 1 aliphatic carbocycles. The first-order valence-corrected chi connectivity index (χ1v) is 7.80. The van der Waals surface area contributed by atoms with Crippen LogP contribution in [0.1, 0.15) is 47.9 Å². The Kier molecular flexibility index (Phi) is 3.89. The van der Waals surface area contributed by atoms with Gasteiger partial charge in [-0.25, -0.2) is 4.98 Å². The molecule has 2 N–H and O–H groups in total. The molecule has 2 heterocycles. The zero-order chi connectivity index (χ0) is 13.1. The highest BCUT2D eigenvalue weighted by Gasteiger charge is 2.23. The number of hydrogen-bond acceptors (Lipinski definition) is 4. The number of thiazole rings is 1. The number of hydrogen-bond donors (Lipinski definition) is 1. The van der Waals surface area contributed by atoms with Crippen molar-refractivity contribution >= 4 is 11.3 Å². The number of pyridine rings is 1. The Balaban J connectivity index is 2.00. The van der Waals surface area contributed by atoms with Crippen LogP contribution in [0, 0.1) is 0 Å². The average molecular weight is 273 g/mol. The molecule has 0 saturated heterocycles. The molecule has 0 amide bonds. The monoisotopic (exact) mass is 273 g/mol. The van der Waals surface area contributed by atoms with Gasteiger partial charge >= 0.3 is 0 Å². The molecule has 3 nitrogen and oxygen atoms in total. The van der Waals surface area contributed by atoms with Crippen molar-refractivity contribution in [2.45, 2.75) is 44.6 Å². The fourth-order valence-electron chi connectivity index (χ4n) is 2.82. The molecule has 100 valence electrons.